The molecule has 2 amide bonds. The molecular weight excluding hydrogens is 301 g/mol. The Morgan fingerprint density at radius 3 is 2.44 bits per heavy atom. The minimum atomic E-state index is -0.531. The van der Waals surface area contributed by atoms with Crippen molar-refractivity contribution < 1.29 is 19.1 Å². The van der Waals surface area contributed by atoms with Crippen LogP contribution in [-0.2, 0) is 14.3 Å². The molecule has 2 heterocycles. The topological polar surface area (TPSA) is 63.7 Å². The van der Waals surface area contributed by atoms with Crippen LogP contribution in [0.4, 0.5) is 0 Å². The van der Waals surface area contributed by atoms with Crippen molar-refractivity contribution in [3.8, 4) is 0 Å². The number of halogens is 2. The van der Waals surface area contributed by atoms with Crippen molar-refractivity contribution in [2.75, 3.05) is 19.8 Å². The second-order valence-corrected chi connectivity index (χ2v) is 5.81. The van der Waals surface area contributed by atoms with Crippen molar-refractivity contribution in [3.63, 3.8) is 0 Å². The summed E-state index contributed by atoms with van der Waals surface area (Å²) in [5.41, 5.74) is 0.221. The van der Waals surface area contributed by atoms with E-state index in [1.54, 1.807) is 0 Å². The third-order valence-electron chi connectivity index (χ3n) is 2.31. The van der Waals surface area contributed by atoms with E-state index >= 15 is 0 Å². The van der Waals surface area contributed by atoms with Gasteiger partial charge < -0.3 is 4.74 Å². The van der Waals surface area contributed by atoms with Gasteiger partial charge in [0, 0.05) is 0 Å². The van der Waals surface area contributed by atoms with Crippen molar-refractivity contribution in [1.29, 1.82) is 0 Å². The number of carbonyl (C=O) groups excluding carboxylic acids is 3. The molecule has 0 bridgehead atoms. The second kappa shape index (κ2) is 5.36. The minimum absolute atomic E-state index is 0.197. The van der Waals surface area contributed by atoms with E-state index < -0.39 is 17.6 Å². The van der Waals surface area contributed by atoms with Gasteiger partial charge in [0.05, 0.1) is 16.4 Å². The lowest BCUT2D eigenvalue weighted by atomic mass is 10.2. The number of amides is 2. The van der Waals surface area contributed by atoms with Gasteiger partial charge in [0.2, 0.25) is 0 Å². The molecule has 1 aromatic heterocycles. The Balaban J connectivity index is 2.13. The summed E-state index contributed by atoms with van der Waals surface area (Å²) in [7, 11) is 0. The molecular formula is C10H7Cl2NO4S. The van der Waals surface area contributed by atoms with Gasteiger partial charge in [-0.05, 0) is 6.07 Å². The summed E-state index contributed by atoms with van der Waals surface area (Å²) in [4.78, 5) is 35.6. The summed E-state index contributed by atoms with van der Waals surface area (Å²) in [5, 5.41) is 0. The van der Waals surface area contributed by atoms with E-state index in [9.17, 15) is 14.4 Å². The van der Waals surface area contributed by atoms with E-state index in [1.807, 2.05) is 0 Å². The van der Waals surface area contributed by atoms with Crippen LogP contribution in [0.15, 0.2) is 6.07 Å². The monoisotopic (exact) mass is 307 g/mol. The summed E-state index contributed by atoms with van der Waals surface area (Å²) < 4.78 is 5.37. The molecule has 0 saturated carbocycles. The van der Waals surface area contributed by atoms with Gasteiger partial charge in [-0.25, -0.2) is 0 Å². The van der Waals surface area contributed by atoms with E-state index in [-0.39, 0.29) is 29.7 Å². The van der Waals surface area contributed by atoms with Crippen molar-refractivity contribution in [3.05, 3.63) is 20.3 Å². The molecule has 1 saturated heterocycles. The average molecular weight is 308 g/mol. The molecule has 1 aliphatic rings. The maximum Gasteiger partial charge on any atom is 0.255 e. The number of carbonyl (C=O) groups is 3. The quantitative estimate of drug-likeness (QED) is 0.629. The predicted octanol–water partition coefficient (Wildman–Crippen LogP) is 1.62. The normalized spacial score (nSPS) is 16.2. The fourth-order valence-electron chi connectivity index (χ4n) is 1.46. The molecule has 0 spiro atoms. The first-order valence-corrected chi connectivity index (χ1v) is 6.45. The van der Waals surface area contributed by atoms with Crippen LogP contribution < -0.4 is 0 Å². The number of imide groups is 1. The Morgan fingerprint density at radius 2 is 1.94 bits per heavy atom. The van der Waals surface area contributed by atoms with Gasteiger partial charge in [-0.2, -0.15) is 0 Å². The number of ether oxygens (including phenoxy) is 1. The van der Waals surface area contributed by atoms with E-state index in [4.69, 9.17) is 27.9 Å². The lowest BCUT2D eigenvalue weighted by Gasteiger charge is -2.23. The van der Waals surface area contributed by atoms with Crippen LogP contribution in [0.1, 0.15) is 10.4 Å². The van der Waals surface area contributed by atoms with Crippen molar-refractivity contribution in [1.82, 2.24) is 4.90 Å². The van der Waals surface area contributed by atoms with Crippen molar-refractivity contribution in [2.24, 2.45) is 0 Å². The molecule has 1 aromatic rings. The highest BCUT2D eigenvalue weighted by Crippen LogP contribution is 2.31. The lowest BCUT2D eigenvalue weighted by Crippen LogP contribution is -2.48. The zero-order valence-electron chi connectivity index (χ0n) is 8.94. The molecule has 0 N–H and O–H groups in total. The predicted molar refractivity (Wildman–Crippen MR) is 66.2 cm³/mol. The van der Waals surface area contributed by atoms with Gasteiger partial charge >= 0.3 is 0 Å². The molecule has 0 atom stereocenters. The molecule has 96 valence electrons. The molecule has 1 aliphatic heterocycles. The smallest absolute Gasteiger partial charge is 0.255 e. The SMILES string of the molecule is O=C(CN1C(=O)COCC1=O)c1cc(Cl)sc1Cl. The fraction of sp³-hybridized carbons (Fsp3) is 0.300. The van der Waals surface area contributed by atoms with Crippen molar-refractivity contribution >= 4 is 52.1 Å². The van der Waals surface area contributed by atoms with Crippen LogP contribution in [0.25, 0.3) is 0 Å². The second-order valence-electron chi connectivity index (χ2n) is 3.53. The minimum Gasteiger partial charge on any atom is -0.362 e. The van der Waals surface area contributed by atoms with Gasteiger partial charge in [-0.15, -0.1) is 11.3 Å². The number of Topliss-reactive ketones (excluding diaryl/α,β-unsaturated/α-hetero) is 1. The molecule has 2 rings (SSSR count). The van der Waals surface area contributed by atoms with Gasteiger partial charge in [0.15, 0.2) is 5.78 Å². The summed E-state index contributed by atoms with van der Waals surface area (Å²) in [5.74, 6) is -1.49. The van der Waals surface area contributed by atoms with Crippen LogP contribution in [0.5, 0.6) is 0 Å². The Hall–Kier alpha value is -0.950. The molecule has 0 unspecified atom stereocenters. The zero-order chi connectivity index (χ0) is 13.3. The van der Waals surface area contributed by atoms with Gasteiger partial charge in [0.25, 0.3) is 11.8 Å². The summed E-state index contributed by atoms with van der Waals surface area (Å²) in [6.45, 7) is -0.734. The Morgan fingerprint density at radius 1 is 1.33 bits per heavy atom. The number of nitrogens with zero attached hydrogens (tertiary/aromatic N) is 1. The van der Waals surface area contributed by atoms with Crippen molar-refractivity contribution in [2.45, 2.75) is 0 Å². The molecule has 0 aromatic carbocycles. The Kier molecular flexibility index (Phi) is 4.01. The standard InChI is InChI=1S/C10H7Cl2NO4S/c11-7-1-5(10(12)18-7)6(14)2-13-8(15)3-17-4-9(13)16/h1H,2-4H2. The third kappa shape index (κ3) is 2.72. The largest absolute Gasteiger partial charge is 0.362 e. The number of hydrogen-bond acceptors (Lipinski definition) is 5. The number of morpholine rings is 1. The maximum atomic E-state index is 11.9. The number of rotatable bonds is 3. The molecule has 0 radical (unpaired) electrons. The highest BCUT2D eigenvalue weighted by atomic mass is 35.5. The van der Waals surface area contributed by atoms with Crippen LogP contribution in [0.3, 0.4) is 0 Å². The highest BCUT2D eigenvalue weighted by Gasteiger charge is 2.29. The molecule has 0 aliphatic carbocycles. The summed E-state index contributed by atoms with van der Waals surface area (Å²) >= 11 is 12.6. The zero-order valence-corrected chi connectivity index (χ0v) is 11.3. The summed E-state index contributed by atoms with van der Waals surface area (Å²) in [6.07, 6.45) is 0. The molecule has 18 heavy (non-hydrogen) atoms. The first-order chi connectivity index (χ1) is 8.49. The van der Waals surface area contributed by atoms with Gasteiger partial charge in [0.1, 0.15) is 17.6 Å². The first-order valence-electron chi connectivity index (χ1n) is 4.88. The van der Waals surface area contributed by atoms with Crippen LogP contribution in [0, 0.1) is 0 Å². The van der Waals surface area contributed by atoms with E-state index in [0.717, 1.165) is 16.2 Å². The molecule has 8 heteroatoms. The average Bonchev–Trinajstić information content (AvgIpc) is 2.63. The van der Waals surface area contributed by atoms with Crippen LogP contribution in [-0.4, -0.2) is 42.3 Å². The van der Waals surface area contributed by atoms with E-state index in [2.05, 4.69) is 0 Å². The van der Waals surface area contributed by atoms with Gasteiger partial charge in [-0.1, -0.05) is 23.2 Å². The lowest BCUT2D eigenvalue weighted by molar-refractivity contribution is -0.157. The Bertz CT molecular complexity index is 512. The van der Waals surface area contributed by atoms with E-state index in [0.29, 0.717) is 4.34 Å². The molecule has 5 nitrogen and oxygen atoms in total. The number of ketones is 1. The van der Waals surface area contributed by atoms with E-state index in [1.165, 1.54) is 6.07 Å². The third-order valence-corrected chi connectivity index (χ3v) is 3.80. The number of hydrogen-bond donors (Lipinski definition) is 0. The fourth-order valence-corrected chi connectivity index (χ4v) is 2.96. The van der Waals surface area contributed by atoms with Gasteiger partial charge in [-0.3, -0.25) is 19.3 Å². The molecule has 1 fully saturated rings. The van der Waals surface area contributed by atoms with Crippen LogP contribution >= 0.6 is 34.5 Å². The maximum absolute atomic E-state index is 11.9. The Labute approximate surface area is 116 Å². The first kappa shape index (κ1) is 13.5. The number of thiophene rings is 1. The highest BCUT2D eigenvalue weighted by molar-refractivity contribution is 7.20. The van der Waals surface area contributed by atoms with Crippen LogP contribution in [0.2, 0.25) is 8.67 Å². The summed E-state index contributed by atoms with van der Waals surface area (Å²) in [6, 6.07) is 1.42.